The number of aromatic nitrogens is 2. The molecule has 0 aromatic carbocycles. The molecule has 0 unspecified atom stereocenters. The highest BCUT2D eigenvalue weighted by Gasteiger charge is 2.09. The first-order valence-corrected chi connectivity index (χ1v) is 6.59. The van der Waals surface area contributed by atoms with Crippen molar-refractivity contribution in [2.45, 2.75) is 30.7 Å². The maximum Gasteiger partial charge on any atom is 0.187 e. The average Bonchev–Trinajstić information content (AvgIpc) is 2.13. The van der Waals surface area contributed by atoms with Crippen molar-refractivity contribution in [2.24, 2.45) is 0 Å². The largest absolute Gasteiger partial charge is 0.231 e. The number of rotatable bonds is 4. The fourth-order valence-corrected chi connectivity index (χ4v) is 2.57. The lowest BCUT2D eigenvalue weighted by molar-refractivity contribution is 0.803. The molecule has 0 fully saturated rings. The molecule has 1 aromatic rings. The van der Waals surface area contributed by atoms with E-state index in [0.29, 0.717) is 4.75 Å². The lowest BCUT2D eigenvalue weighted by atomic mass is 10.3. The second-order valence-electron chi connectivity index (χ2n) is 3.84. The molecule has 1 aromatic heterocycles. The Morgan fingerprint density at radius 2 is 1.79 bits per heavy atom. The number of hydrogen-bond donors (Lipinski definition) is 0. The Balaban J connectivity index is 2.17. The maximum atomic E-state index is 4.16. The molecule has 0 atom stereocenters. The summed E-state index contributed by atoms with van der Waals surface area (Å²) in [5, 5.41) is 0.877. The van der Waals surface area contributed by atoms with Crippen molar-refractivity contribution < 1.29 is 0 Å². The van der Waals surface area contributed by atoms with Crippen LogP contribution >= 0.6 is 23.5 Å². The summed E-state index contributed by atoms with van der Waals surface area (Å²) in [5.41, 5.74) is 0. The van der Waals surface area contributed by atoms with Crippen molar-refractivity contribution in [3.63, 3.8) is 0 Å². The van der Waals surface area contributed by atoms with Crippen molar-refractivity contribution >= 4 is 23.5 Å². The van der Waals surface area contributed by atoms with Gasteiger partial charge in [-0.05, 0) is 6.07 Å². The lowest BCUT2D eigenvalue weighted by Gasteiger charge is -2.16. The maximum absolute atomic E-state index is 4.16. The van der Waals surface area contributed by atoms with Gasteiger partial charge in [0, 0.05) is 28.6 Å². The SMILES string of the molecule is CC(C)(C)SCCSc1ncccn1. The normalized spacial score (nSPS) is 11.6. The third-order valence-electron chi connectivity index (χ3n) is 1.39. The Morgan fingerprint density at radius 3 is 2.36 bits per heavy atom. The minimum absolute atomic E-state index is 0.359. The van der Waals surface area contributed by atoms with Crippen LogP contribution < -0.4 is 0 Å². The van der Waals surface area contributed by atoms with Gasteiger partial charge >= 0.3 is 0 Å². The van der Waals surface area contributed by atoms with E-state index in [1.807, 2.05) is 17.8 Å². The minimum Gasteiger partial charge on any atom is -0.231 e. The van der Waals surface area contributed by atoms with E-state index in [2.05, 4.69) is 30.7 Å². The van der Waals surface area contributed by atoms with Gasteiger partial charge in [0.25, 0.3) is 0 Å². The van der Waals surface area contributed by atoms with E-state index in [9.17, 15) is 0 Å². The molecule has 2 nitrogen and oxygen atoms in total. The summed E-state index contributed by atoms with van der Waals surface area (Å²) in [6, 6.07) is 1.84. The Hall–Kier alpha value is -0.220. The van der Waals surface area contributed by atoms with Crippen molar-refractivity contribution in [2.75, 3.05) is 11.5 Å². The molecule has 0 saturated heterocycles. The van der Waals surface area contributed by atoms with Crippen LogP contribution in [0.1, 0.15) is 20.8 Å². The van der Waals surface area contributed by atoms with Gasteiger partial charge in [-0.15, -0.1) is 0 Å². The Labute approximate surface area is 94.3 Å². The van der Waals surface area contributed by atoms with Gasteiger partial charge in [-0.2, -0.15) is 11.8 Å². The second-order valence-corrected chi connectivity index (χ2v) is 6.82. The third kappa shape index (κ3) is 5.50. The van der Waals surface area contributed by atoms with Crippen LogP contribution in [0.25, 0.3) is 0 Å². The first kappa shape index (κ1) is 11.9. The van der Waals surface area contributed by atoms with Crippen LogP contribution in [0.15, 0.2) is 23.6 Å². The van der Waals surface area contributed by atoms with E-state index in [4.69, 9.17) is 0 Å². The zero-order valence-corrected chi connectivity index (χ0v) is 10.5. The molecule has 0 radical (unpaired) electrons. The fourth-order valence-electron chi connectivity index (χ4n) is 0.841. The van der Waals surface area contributed by atoms with Crippen LogP contribution in [0.5, 0.6) is 0 Å². The quantitative estimate of drug-likeness (QED) is 0.449. The van der Waals surface area contributed by atoms with E-state index in [1.54, 1.807) is 24.2 Å². The fraction of sp³-hybridized carbons (Fsp3) is 0.600. The van der Waals surface area contributed by atoms with Crippen molar-refractivity contribution in [1.29, 1.82) is 0 Å². The highest BCUT2D eigenvalue weighted by atomic mass is 32.2. The minimum atomic E-state index is 0.359. The number of hydrogen-bond acceptors (Lipinski definition) is 4. The molecule has 0 spiro atoms. The van der Waals surface area contributed by atoms with Gasteiger partial charge in [0.1, 0.15) is 0 Å². The molecule has 1 heterocycles. The van der Waals surface area contributed by atoms with E-state index in [-0.39, 0.29) is 0 Å². The molecule has 78 valence electrons. The number of thioether (sulfide) groups is 2. The highest BCUT2D eigenvalue weighted by Crippen LogP contribution is 2.24. The molecule has 14 heavy (non-hydrogen) atoms. The standard InChI is InChI=1S/C10H16N2S2/c1-10(2,3)14-8-7-13-9-11-5-4-6-12-9/h4-6H,7-8H2,1-3H3. The molecule has 0 aliphatic carbocycles. The molecule has 0 N–H and O–H groups in total. The highest BCUT2D eigenvalue weighted by molar-refractivity contribution is 8.03. The van der Waals surface area contributed by atoms with Crippen molar-refractivity contribution in [3.05, 3.63) is 18.5 Å². The van der Waals surface area contributed by atoms with Gasteiger partial charge in [-0.25, -0.2) is 9.97 Å². The summed E-state index contributed by atoms with van der Waals surface area (Å²) in [7, 11) is 0. The second kappa shape index (κ2) is 5.61. The summed E-state index contributed by atoms with van der Waals surface area (Å²) in [4.78, 5) is 8.31. The molecule has 0 saturated carbocycles. The molecule has 0 aliphatic heterocycles. The molecule has 1 rings (SSSR count). The summed E-state index contributed by atoms with van der Waals surface area (Å²) >= 11 is 3.69. The van der Waals surface area contributed by atoms with Gasteiger partial charge in [0.15, 0.2) is 5.16 Å². The smallest absolute Gasteiger partial charge is 0.187 e. The van der Waals surface area contributed by atoms with Crippen LogP contribution in [-0.4, -0.2) is 26.2 Å². The topological polar surface area (TPSA) is 25.8 Å². The van der Waals surface area contributed by atoms with Crippen molar-refractivity contribution in [3.8, 4) is 0 Å². The molecule has 4 heteroatoms. The van der Waals surface area contributed by atoms with Gasteiger partial charge in [0.2, 0.25) is 0 Å². The molecule has 0 bridgehead atoms. The summed E-state index contributed by atoms with van der Waals surface area (Å²) in [6.07, 6.45) is 3.57. The van der Waals surface area contributed by atoms with E-state index < -0.39 is 0 Å². The summed E-state index contributed by atoms with van der Waals surface area (Å²) < 4.78 is 0.359. The van der Waals surface area contributed by atoms with Crippen LogP contribution in [-0.2, 0) is 0 Å². The van der Waals surface area contributed by atoms with Crippen LogP contribution in [0.4, 0.5) is 0 Å². The zero-order valence-electron chi connectivity index (χ0n) is 8.86. The first-order chi connectivity index (χ1) is 6.58. The van der Waals surface area contributed by atoms with Crippen LogP contribution in [0, 0.1) is 0 Å². The first-order valence-electron chi connectivity index (χ1n) is 4.62. The van der Waals surface area contributed by atoms with Gasteiger partial charge in [0.05, 0.1) is 0 Å². The Kier molecular flexibility index (Phi) is 4.75. The predicted molar refractivity (Wildman–Crippen MR) is 65.0 cm³/mol. The summed E-state index contributed by atoms with van der Waals surface area (Å²) in [5.74, 6) is 2.22. The number of nitrogens with zero attached hydrogens (tertiary/aromatic N) is 2. The Morgan fingerprint density at radius 1 is 1.14 bits per heavy atom. The van der Waals surface area contributed by atoms with Gasteiger partial charge < -0.3 is 0 Å². The lowest BCUT2D eigenvalue weighted by Crippen LogP contribution is -2.08. The molecule has 0 amide bonds. The van der Waals surface area contributed by atoms with Gasteiger partial charge in [-0.3, -0.25) is 0 Å². The third-order valence-corrected chi connectivity index (χ3v) is 3.80. The average molecular weight is 228 g/mol. The molecular formula is C10H16N2S2. The predicted octanol–water partition coefficient (Wildman–Crippen LogP) is 3.10. The monoisotopic (exact) mass is 228 g/mol. The van der Waals surface area contributed by atoms with E-state index in [0.717, 1.165) is 16.7 Å². The van der Waals surface area contributed by atoms with Crippen molar-refractivity contribution in [1.82, 2.24) is 9.97 Å². The molecule has 0 aliphatic rings. The van der Waals surface area contributed by atoms with E-state index in [1.165, 1.54) is 0 Å². The van der Waals surface area contributed by atoms with E-state index >= 15 is 0 Å². The summed E-state index contributed by atoms with van der Waals surface area (Å²) in [6.45, 7) is 6.71. The zero-order chi connectivity index (χ0) is 10.4. The molecular weight excluding hydrogens is 212 g/mol. The van der Waals surface area contributed by atoms with Gasteiger partial charge in [-0.1, -0.05) is 32.5 Å². The van der Waals surface area contributed by atoms with Crippen LogP contribution in [0.2, 0.25) is 0 Å². The van der Waals surface area contributed by atoms with Crippen LogP contribution in [0.3, 0.4) is 0 Å². The Bertz CT molecular complexity index is 257.